The van der Waals surface area contributed by atoms with Gasteiger partial charge in [-0.25, -0.2) is 0 Å². The Hall–Kier alpha value is 1.28. The van der Waals surface area contributed by atoms with E-state index in [-0.39, 0.29) is 30.3 Å². The minimum atomic E-state index is 0. The molecular formula is C11H26AuNPS2. The summed E-state index contributed by atoms with van der Waals surface area (Å²) >= 11 is 9.51. The Morgan fingerprint density at radius 2 is 1.31 bits per heavy atom. The third-order valence-corrected chi connectivity index (χ3v) is 6.04. The molecule has 0 aliphatic heterocycles. The van der Waals surface area contributed by atoms with E-state index in [9.17, 15) is 0 Å². The Bertz CT molecular complexity index is 145. The Kier molecular flexibility index (Phi) is 22.9. The Labute approximate surface area is 130 Å². The molecule has 0 fully saturated rings. The molecule has 0 N–H and O–H groups in total. The van der Waals surface area contributed by atoms with Gasteiger partial charge in [-0.15, -0.1) is 0 Å². The molecular weight excluding hydrogens is 438 g/mol. The van der Waals surface area contributed by atoms with E-state index in [4.69, 9.17) is 24.8 Å². The van der Waals surface area contributed by atoms with Gasteiger partial charge in [0.1, 0.15) is 0 Å². The monoisotopic (exact) mass is 464 g/mol. The van der Waals surface area contributed by atoms with Crippen molar-refractivity contribution in [1.82, 2.24) is 4.90 Å². The Morgan fingerprint density at radius 1 is 1.00 bits per heavy atom. The molecule has 0 rings (SSSR count). The van der Waals surface area contributed by atoms with Crippen LogP contribution in [-0.2, 0) is 35.0 Å². The van der Waals surface area contributed by atoms with Crippen LogP contribution < -0.4 is 0 Å². The van der Waals surface area contributed by atoms with Crippen LogP contribution in [0, 0.1) is 0 Å². The number of nitrogens with zero attached hydrogens (tertiary/aromatic N) is 1. The minimum absolute atomic E-state index is 0. The van der Waals surface area contributed by atoms with Gasteiger partial charge in [0.15, 0.2) is 0 Å². The topological polar surface area (TPSA) is 3.24 Å². The quantitative estimate of drug-likeness (QED) is 0.266. The smallest absolute Gasteiger partial charge is 0.0543 e. The van der Waals surface area contributed by atoms with Crippen molar-refractivity contribution >= 4 is 37.1 Å². The van der Waals surface area contributed by atoms with Crippen molar-refractivity contribution in [2.75, 3.05) is 31.6 Å². The predicted molar refractivity (Wildman–Crippen MR) is 82.8 cm³/mol. The van der Waals surface area contributed by atoms with E-state index in [0.29, 0.717) is 4.32 Å². The zero-order chi connectivity index (χ0) is 12.3. The summed E-state index contributed by atoms with van der Waals surface area (Å²) in [7, 11) is 0.137. The van der Waals surface area contributed by atoms with E-state index in [2.05, 4.69) is 20.8 Å². The SMILES string of the molecule is CCN(CC)C(=S)[S-].CC[PH+](CC)CC.[Au]. The molecule has 0 aromatic heterocycles. The Morgan fingerprint density at radius 3 is 1.31 bits per heavy atom. The Balaban J connectivity index is -0.000000200. The molecule has 0 amide bonds. The standard InChI is InChI=1S/C6H15P.C5H11NS2.Au/c1-4-7(5-2)6-3;1-3-6(4-2)5(7)8;/h4-6H2,1-3H3;3-4H2,1-2H3,(H,7,8);. The van der Waals surface area contributed by atoms with E-state index in [0.717, 1.165) is 13.1 Å². The maximum atomic E-state index is 4.76. The van der Waals surface area contributed by atoms with Gasteiger partial charge in [-0.05, 0) is 42.5 Å². The number of hydrogen-bond donors (Lipinski definition) is 0. The summed E-state index contributed by atoms with van der Waals surface area (Å²) in [5.41, 5.74) is 0. The molecule has 0 atom stereocenters. The van der Waals surface area contributed by atoms with Crippen LogP contribution in [0.15, 0.2) is 0 Å². The average molecular weight is 464 g/mol. The van der Waals surface area contributed by atoms with Crippen LogP contribution in [0.25, 0.3) is 0 Å². The van der Waals surface area contributed by atoms with Gasteiger partial charge < -0.3 is 29.7 Å². The summed E-state index contributed by atoms with van der Waals surface area (Å²) in [4.78, 5) is 1.96. The van der Waals surface area contributed by atoms with Gasteiger partial charge in [-0.3, -0.25) is 0 Å². The van der Waals surface area contributed by atoms with Crippen molar-refractivity contribution < 1.29 is 22.4 Å². The summed E-state index contributed by atoms with van der Waals surface area (Å²) in [5.74, 6) is 0. The first-order chi connectivity index (χ1) is 7.06. The molecule has 0 bridgehead atoms. The molecule has 1 nitrogen and oxygen atoms in total. The van der Waals surface area contributed by atoms with Gasteiger partial charge in [-0.2, -0.15) is 0 Å². The normalized spacial score (nSPS) is 8.88. The van der Waals surface area contributed by atoms with Crippen LogP contribution >= 0.6 is 20.1 Å². The van der Waals surface area contributed by atoms with E-state index in [1.807, 2.05) is 18.7 Å². The molecule has 0 spiro atoms. The molecule has 0 unspecified atom stereocenters. The molecule has 0 saturated heterocycles. The molecule has 0 aromatic carbocycles. The van der Waals surface area contributed by atoms with Gasteiger partial charge >= 0.3 is 0 Å². The summed E-state index contributed by atoms with van der Waals surface area (Å²) < 4.78 is 0.579. The number of rotatable bonds is 5. The van der Waals surface area contributed by atoms with Crippen LogP contribution in [0.1, 0.15) is 34.6 Å². The number of hydrogen-bond acceptors (Lipinski definition) is 2. The van der Waals surface area contributed by atoms with Crippen molar-refractivity contribution in [3.05, 3.63) is 0 Å². The molecule has 0 aliphatic rings. The molecule has 103 valence electrons. The first-order valence-corrected chi connectivity index (χ1v) is 8.80. The van der Waals surface area contributed by atoms with Crippen molar-refractivity contribution in [3.8, 4) is 0 Å². The third-order valence-electron chi connectivity index (χ3n) is 2.52. The summed E-state index contributed by atoms with van der Waals surface area (Å²) in [5, 5.41) is 0. The van der Waals surface area contributed by atoms with Crippen molar-refractivity contribution in [2.24, 2.45) is 0 Å². The van der Waals surface area contributed by atoms with Gasteiger partial charge in [0.25, 0.3) is 0 Å². The largest absolute Gasteiger partial charge is 0.411 e. The van der Waals surface area contributed by atoms with E-state index in [1.54, 1.807) is 0 Å². The average Bonchev–Trinajstić information content (AvgIpc) is 2.22. The number of thiocarbonyl (C=S) groups is 1. The zero-order valence-corrected chi connectivity index (χ0v) is 15.9. The molecule has 16 heavy (non-hydrogen) atoms. The van der Waals surface area contributed by atoms with Crippen LogP contribution in [0.3, 0.4) is 0 Å². The van der Waals surface area contributed by atoms with Crippen LogP contribution in [0.5, 0.6) is 0 Å². The molecule has 0 aliphatic carbocycles. The maximum Gasteiger partial charge on any atom is 0.0543 e. The fourth-order valence-electron chi connectivity index (χ4n) is 1.23. The van der Waals surface area contributed by atoms with E-state index in [1.165, 1.54) is 18.5 Å². The summed E-state index contributed by atoms with van der Waals surface area (Å²) in [6.07, 6.45) is 4.37. The molecule has 5 heteroatoms. The van der Waals surface area contributed by atoms with Crippen LogP contribution in [0.2, 0.25) is 0 Å². The van der Waals surface area contributed by atoms with Crippen molar-refractivity contribution in [3.63, 3.8) is 0 Å². The summed E-state index contributed by atoms with van der Waals surface area (Å²) in [6.45, 7) is 12.9. The van der Waals surface area contributed by atoms with Gasteiger partial charge in [0.2, 0.25) is 0 Å². The second-order valence-electron chi connectivity index (χ2n) is 3.25. The predicted octanol–water partition coefficient (Wildman–Crippen LogP) is 3.42. The van der Waals surface area contributed by atoms with E-state index < -0.39 is 0 Å². The van der Waals surface area contributed by atoms with Crippen LogP contribution in [-0.4, -0.2) is 40.8 Å². The fourth-order valence-corrected chi connectivity index (χ4v) is 3.25. The maximum absolute atomic E-state index is 4.76. The van der Waals surface area contributed by atoms with Gasteiger partial charge in [-0.1, -0.05) is 4.32 Å². The molecule has 0 heterocycles. The molecule has 0 saturated carbocycles. The van der Waals surface area contributed by atoms with Gasteiger partial charge in [0, 0.05) is 35.5 Å². The summed E-state index contributed by atoms with van der Waals surface area (Å²) in [6, 6.07) is 0. The second-order valence-corrected chi connectivity index (χ2v) is 7.90. The van der Waals surface area contributed by atoms with Gasteiger partial charge in [0.05, 0.1) is 18.5 Å². The van der Waals surface area contributed by atoms with Crippen LogP contribution in [0.4, 0.5) is 0 Å². The molecule has 0 aromatic rings. The third kappa shape index (κ3) is 13.3. The first kappa shape index (κ1) is 22.5. The molecule has 1 radical (unpaired) electrons. The van der Waals surface area contributed by atoms with Crippen molar-refractivity contribution in [2.45, 2.75) is 34.6 Å². The van der Waals surface area contributed by atoms with Crippen molar-refractivity contribution in [1.29, 1.82) is 0 Å². The first-order valence-electron chi connectivity index (χ1n) is 5.86. The fraction of sp³-hybridized carbons (Fsp3) is 0.909. The van der Waals surface area contributed by atoms with E-state index >= 15 is 0 Å². The second kappa shape index (κ2) is 16.3. The zero-order valence-electron chi connectivity index (χ0n) is 11.1. The minimum Gasteiger partial charge on any atom is -0.411 e.